The molecular weight excluding hydrogens is 292 g/mol. The molecule has 1 amide bonds. The number of rotatable bonds is 7. The van der Waals surface area contributed by atoms with Gasteiger partial charge in [0.25, 0.3) is 0 Å². The minimum Gasteiger partial charge on any atom is -0.491 e. The maximum Gasteiger partial charge on any atom is 0.224 e. The molecule has 0 bridgehead atoms. The Morgan fingerprint density at radius 2 is 1.86 bits per heavy atom. The van der Waals surface area contributed by atoms with Gasteiger partial charge in [0.15, 0.2) is 0 Å². The summed E-state index contributed by atoms with van der Waals surface area (Å²) in [5.74, 6) is 0.368. The van der Waals surface area contributed by atoms with Crippen LogP contribution in [0.4, 0.5) is 0 Å². The summed E-state index contributed by atoms with van der Waals surface area (Å²) >= 11 is 0. The maximum atomic E-state index is 11.6. The SMILES string of the molecule is CC(C)Oc1ccc(C(O)CNC(=O)C(C)CN)cc1.Cl. The molecule has 1 rings (SSSR count). The van der Waals surface area contributed by atoms with Crippen molar-refractivity contribution in [3.05, 3.63) is 29.8 Å². The molecule has 2 atom stereocenters. The lowest BCUT2D eigenvalue weighted by atomic mass is 10.1. The zero-order valence-electron chi connectivity index (χ0n) is 12.7. The second kappa shape index (κ2) is 9.60. The average Bonchev–Trinajstić information content (AvgIpc) is 2.43. The lowest BCUT2D eigenvalue weighted by molar-refractivity contribution is -0.124. The third kappa shape index (κ3) is 6.80. The van der Waals surface area contributed by atoms with E-state index in [1.54, 1.807) is 19.1 Å². The van der Waals surface area contributed by atoms with Crippen molar-refractivity contribution >= 4 is 18.3 Å². The molecule has 0 saturated heterocycles. The highest BCUT2D eigenvalue weighted by molar-refractivity contribution is 5.85. The molecule has 0 heterocycles. The van der Waals surface area contributed by atoms with Crippen molar-refractivity contribution in [1.82, 2.24) is 5.32 Å². The maximum absolute atomic E-state index is 11.6. The van der Waals surface area contributed by atoms with E-state index in [1.165, 1.54) is 0 Å². The van der Waals surface area contributed by atoms with Crippen LogP contribution in [0.2, 0.25) is 0 Å². The number of hydrogen-bond donors (Lipinski definition) is 3. The highest BCUT2D eigenvalue weighted by atomic mass is 35.5. The lowest BCUT2D eigenvalue weighted by Crippen LogP contribution is -2.35. The number of aliphatic hydroxyl groups is 1. The van der Waals surface area contributed by atoms with Crippen molar-refractivity contribution in [2.75, 3.05) is 13.1 Å². The number of ether oxygens (including phenoxy) is 1. The van der Waals surface area contributed by atoms with Crippen molar-refractivity contribution in [2.24, 2.45) is 11.7 Å². The van der Waals surface area contributed by atoms with Gasteiger partial charge in [-0.15, -0.1) is 12.4 Å². The van der Waals surface area contributed by atoms with Gasteiger partial charge in [0.1, 0.15) is 5.75 Å². The Morgan fingerprint density at radius 3 is 2.33 bits per heavy atom. The molecule has 6 heteroatoms. The Kier molecular flexibility index (Phi) is 9.01. The van der Waals surface area contributed by atoms with Gasteiger partial charge < -0.3 is 20.9 Å². The standard InChI is InChI=1S/C15H24N2O3.ClH/c1-10(2)20-13-6-4-12(5-7-13)14(18)9-17-15(19)11(3)8-16;/h4-7,10-11,14,18H,8-9,16H2,1-3H3,(H,17,19);1H. The van der Waals surface area contributed by atoms with Crippen molar-refractivity contribution in [2.45, 2.75) is 33.0 Å². The number of carbonyl (C=O) groups is 1. The van der Waals surface area contributed by atoms with Crippen LogP contribution in [0.15, 0.2) is 24.3 Å². The van der Waals surface area contributed by atoms with E-state index in [4.69, 9.17) is 10.5 Å². The fourth-order valence-corrected chi connectivity index (χ4v) is 1.64. The van der Waals surface area contributed by atoms with E-state index in [2.05, 4.69) is 5.32 Å². The molecule has 0 radical (unpaired) electrons. The Balaban J connectivity index is 0.00000400. The molecular formula is C15H25ClN2O3. The van der Waals surface area contributed by atoms with Crippen LogP contribution in [0.3, 0.4) is 0 Å². The first-order valence-corrected chi connectivity index (χ1v) is 6.86. The molecule has 0 aliphatic rings. The summed E-state index contributed by atoms with van der Waals surface area (Å²) in [5, 5.41) is 12.7. The summed E-state index contributed by atoms with van der Waals surface area (Å²) in [6.45, 7) is 6.13. The highest BCUT2D eigenvalue weighted by Crippen LogP contribution is 2.18. The lowest BCUT2D eigenvalue weighted by Gasteiger charge is -2.15. The van der Waals surface area contributed by atoms with Gasteiger partial charge >= 0.3 is 0 Å². The minimum atomic E-state index is -0.739. The van der Waals surface area contributed by atoms with Gasteiger partial charge in [0.2, 0.25) is 5.91 Å². The number of amides is 1. The molecule has 0 aromatic heterocycles. The Labute approximate surface area is 132 Å². The van der Waals surface area contributed by atoms with Crippen molar-refractivity contribution in [1.29, 1.82) is 0 Å². The van der Waals surface area contributed by atoms with E-state index in [1.807, 2.05) is 26.0 Å². The first-order valence-electron chi connectivity index (χ1n) is 6.86. The number of aliphatic hydroxyl groups excluding tert-OH is 1. The van der Waals surface area contributed by atoms with Crippen LogP contribution in [-0.4, -0.2) is 30.2 Å². The number of benzene rings is 1. The van der Waals surface area contributed by atoms with Gasteiger partial charge in [-0.25, -0.2) is 0 Å². The molecule has 21 heavy (non-hydrogen) atoms. The number of hydrogen-bond acceptors (Lipinski definition) is 4. The molecule has 0 fully saturated rings. The van der Waals surface area contributed by atoms with E-state index in [0.717, 1.165) is 11.3 Å². The topological polar surface area (TPSA) is 84.6 Å². The third-order valence-electron chi connectivity index (χ3n) is 2.91. The van der Waals surface area contributed by atoms with Crippen molar-refractivity contribution in [3.8, 4) is 5.75 Å². The number of halogens is 1. The summed E-state index contributed by atoms with van der Waals surface area (Å²) in [6, 6.07) is 7.20. The van der Waals surface area contributed by atoms with Crippen molar-refractivity contribution in [3.63, 3.8) is 0 Å². The molecule has 0 saturated carbocycles. The molecule has 4 N–H and O–H groups in total. The van der Waals surface area contributed by atoms with Gasteiger partial charge in [-0.2, -0.15) is 0 Å². The molecule has 0 aliphatic carbocycles. The molecule has 2 unspecified atom stereocenters. The van der Waals surface area contributed by atoms with Gasteiger partial charge in [-0.3, -0.25) is 4.79 Å². The monoisotopic (exact) mass is 316 g/mol. The van der Waals surface area contributed by atoms with Crippen LogP contribution in [0.25, 0.3) is 0 Å². The first kappa shape index (κ1) is 19.7. The van der Waals surface area contributed by atoms with Crippen LogP contribution in [-0.2, 0) is 4.79 Å². The average molecular weight is 317 g/mol. The van der Waals surface area contributed by atoms with E-state index in [-0.39, 0.29) is 36.9 Å². The Morgan fingerprint density at radius 1 is 1.29 bits per heavy atom. The van der Waals surface area contributed by atoms with Crippen LogP contribution < -0.4 is 15.8 Å². The van der Waals surface area contributed by atoms with Gasteiger partial charge in [-0.1, -0.05) is 19.1 Å². The number of nitrogens with two attached hydrogens (primary N) is 1. The highest BCUT2D eigenvalue weighted by Gasteiger charge is 2.13. The second-order valence-corrected chi connectivity index (χ2v) is 5.13. The van der Waals surface area contributed by atoms with Gasteiger partial charge in [0.05, 0.1) is 12.2 Å². The van der Waals surface area contributed by atoms with Crippen molar-refractivity contribution < 1.29 is 14.6 Å². The zero-order valence-corrected chi connectivity index (χ0v) is 13.5. The molecule has 120 valence electrons. The van der Waals surface area contributed by atoms with Gasteiger partial charge in [-0.05, 0) is 31.5 Å². The summed E-state index contributed by atoms with van der Waals surface area (Å²) in [7, 11) is 0. The quantitative estimate of drug-likeness (QED) is 0.714. The third-order valence-corrected chi connectivity index (χ3v) is 2.91. The predicted molar refractivity (Wildman–Crippen MR) is 85.6 cm³/mol. The molecule has 5 nitrogen and oxygen atoms in total. The van der Waals surface area contributed by atoms with Gasteiger partial charge in [0, 0.05) is 19.0 Å². The summed E-state index contributed by atoms with van der Waals surface area (Å²) in [4.78, 5) is 11.6. The predicted octanol–water partition coefficient (Wildman–Crippen LogP) is 1.64. The van der Waals surface area contributed by atoms with Crippen LogP contribution in [0, 0.1) is 5.92 Å². The van der Waals surface area contributed by atoms with E-state index in [0.29, 0.717) is 6.54 Å². The molecule has 0 spiro atoms. The minimum absolute atomic E-state index is 0. The first-order chi connectivity index (χ1) is 9.43. The Hall–Kier alpha value is -1.30. The molecule has 1 aromatic rings. The molecule has 1 aromatic carbocycles. The summed E-state index contributed by atoms with van der Waals surface area (Å²) < 4.78 is 5.53. The van der Waals surface area contributed by atoms with E-state index in [9.17, 15) is 9.90 Å². The second-order valence-electron chi connectivity index (χ2n) is 5.13. The number of nitrogens with one attached hydrogen (secondary N) is 1. The number of carbonyl (C=O) groups excluding carboxylic acids is 1. The summed E-state index contributed by atoms with van der Waals surface area (Å²) in [6.07, 6.45) is -0.625. The van der Waals surface area contributed by atoms with E-state index >= 15 is 0 Å². The van der Waals surface area contributed by atoms with E-state index < -0.39 is 6.10 Å². The normalized spacial score (nSPS) is 13.2. The largest absolute Gasteiger partial charge is 0.491 e. The summed E-state index contributed by atoms with van der Waals surface area (Å²) in [5.41, 5.74) is 6.15. The smallest absolute Gasteiger partial charge is 0.224 e. The zero-order chi connectivity index (χ0) is 15.1. The van der Waals surface area contributed by atoms with Crippen LogP contribution in [0.5, 0.6) is 5.75 Å². The molecule has 0 aliphatic heterocycles. The fraction of sp³-hybridized carbons (Fsp3) is 0.533. The van der Waals surface area contributed by atoms with Crippen LogP contribution in [0.1, 0.15) is 32.4 Å². The Bertz CT molecular complexity index is 423. The van der Waals surface area contributed by atoms with Crippen LogP contribution >= 0.6 is 12.4 Å². The fourth-order valence-electron chi connectivity index (χ4n) is 1.64.